The number of pyridine rings is 1. The minimum absolute atomic E-state index is 0.0969. The highest BCUT2D eigenvalue weighted by atomic mass is 35.5. The number of benzene rings is 3. The molecule has 2 aromatic heterocycles. The minimum atomic E-state index is -0.384. The van der Waals surface area contributed by atoms with Crippen LogP contribution in [0.25, 0.3) is 21.8 Å². The summed E-state index contributed by atoms with van der Waals surface area (Å²) in [7, 11) is 1.49. The molecule has 0 amide bonds. The fourth-order valence-electron chi connectivity index (χ4n) is 6.15. The molecule has 2 atom stereocenters. The van der Waals surface area contributed by atoms with E-state index in [0.717, 1.165) is 40.8 Å². The summed E-state index contributed by atoms with van der Waals surface area (Å²) in [5, 5.41) is 6.47. The van der Waals surface area contributed by atoms with Crippen molar-refractivity contribution in [1.82, 2.24) is 14.9 Å². The number of esters is 1. The number of nitrogens with zero attached hydrogens (tertiary/aromatic N) is 2. The number of aromatic amines is 1. The van der Waals surface area contributed by atoms with Crippen molar-refractivity contribution >= 4 is 45.1 Å². The van der Waals surface area contributed by atoms with Crippen molar-refractivity contribution in [2.24, 2.45) is 0 Å². The maximum absolute atomic E-state index is 13.3. The molecule has 0 fully saturated rings. The summed E-state index contributed by atoms with van der Waals surface area (Å²) in [6.45, 7) is 5.87. The fraction of sp³-hybridized carbons (Fsp3) is 0.294. The van der Waals surface area contributed by atoms with Crippen LogP contribution in [0.1, 0.15) is 54.6 Å². The van der Waals surface area contributed by atoms with Crippen LogP contribution in [0.5, 0.6) is 0 Å². The summed E-state index contributed by atoms with van der Waals surface area (Å²) in [6.07, 6.45) is 3.24. The number of carbonyl (C=O) groups excluding carboxylic acids is 1. The molecule has 0 aliphatic carbocycles. The lowest BCUT2D eigenvalue weighted by Crippen LogP contribution is -2.49. The normalized spacial score (nSPS) is 17.2. The molecule has 0 saturated carbocycles. The molecule has 6 nitrogen and oxygen atoms in total. The number of ether oxygens (including phenoxy) is 1. The van der Waals surface area contributed by atoms with Crippen LogP contribution >= 0.6 is 11.6 Å². The van der Waals surface area contributed by atoms with Crippen LogP contribution < -0.4 is 5.32 Å². The highest BCUT2D eigenvalue weighted by Crippen LogP contribution is 2.41. The average Bonchev–Trinajstić information content (AvgIpc) is 3.36. The van der Waals surface area contributed by atoms with Gasteiger partial charge in [-0.3, -0.25) is 14.7 Å². The molecule has 1 aliphatic rings. The van der Waals surface area contributed by atoms with Crippen molar-refractivity contribution in [2.45, 2.75) is 44.7 Å². The molecule has 0 spiro atoms. The third-order valence-corrected chi connectivity index (χ3v) is 8.49. The van der Waals surface area contributed by atoms with Gasteiger partial charge in [-0.05, 0) is 59.4 Å². The molecule has 0 saturated heterocycles. The zero-order chi connectivity index (χ0) is 28.5. The molecule has 1 aliphatic heterocycles. The average molecular weight is 567 g/mol. The summed E-state index contributed by atoms with van der Waals surface area (Å²) >= 11 is 6.18. The van der Waals surface area contributed by atoms with Crippen LogP contribution in [0.15, 0.2) is 79.0 Å². The summed E-state index contributed by atoms with van der Waals surface area (Å²) in [4.78, 5) is 23.8. The van der Waals surface area contributed by atoms with Gasteiger partial charge in [0.2, 0.25) is 0 Å². The Morgan fingerprint density at radius 3 is 2.68 bits per heavy atom. The van der Waals surface area contributed by atoms with Gasteiger partial charge in [-0.2, -0.15) is 0 Å². The first kappa shape index (κ1) is 27.3. The molecule has 3 aromatic carbocycles. The maximum atomic E-state index is 13.3. The van der Waals surface area contributed by atoms with Crippen LogP contribution in [-0.4, -0.2) is 47.1 Å². The summed E-state index contributed by atoms with van der Waals surface area (Å²) < 4.78 is 5.37. The fourth-order valence-corrected chi connectivity index (χ4v) is 6.32. The molecule has 0 bridgehead atoms. The number of halogens is 1. The van der Waals surface area contributed by atoms with Crippen molar-refractivity contribution in [3.63, 3.8) is 0 Å². The SMILES string of the molecule is COC(=O)[C@H]1Cc2c([nH]c3ccccc23)[C@@H](c2ccc(C(C)C)cc2)N1CCCNc1ccnc2cc(Cl)ccc12. The second kappa shape index (κ2) is 11.6. The number of para-hydroxylation sites is 1. The first-order chi connectivity index (χ1) is 19.9. The zero-order valence-corrected chi connectivity index (χ0v) is 24.4. The van der Waals surface area contributed by atoms with Crippen LogP contribution in [-0.2, 0) is 16.0 Å². The van der Waals surface area contributed by atoms with Gasteiger partial charge in [0.05, 0.1) is 18.7 Å². The van der Waals surface area contributed by atoms with E-state index in [4.69, 9.17) is 16.3 Å². The number of hydrogen-bond acceptors (Lipinski definition) is 5. The Labute approximate surface area is 245 Å². The van der Waals surface area contributed by atoms with Crippen molar-refractivity contribution in [3.8, 4) is 0 Å². The minimum Gasteiger partial charge on any atom is -0.468 e. The number of hydrogen-bond donors (Lipinski definition) is 2. The molecule has 6 rings (SSSR count). The largest absolute Gasteiger partial charge is 0.468 e. The molecule has 7 heteroatoms. The van der Waals surface area contributed by atoms with E-state index >= 15 is 0 Å². The van der Waals surface area contributed by atoms with Crippen LogP contribution in [0.4, 0.5) is 5.69 Å². The Hall–Kier alpha value is -3.87. The zero-order valence-electron chi connectivity index (χ0n) is 23.7. The summed E-state index contributed by atoms with van der Waals surface area (Å²) in [5.41, 5.74) is 7.80. The van der Waals surface area contributed by atoms with E-state index in [-0.39, 0.29) is 18.1 Å². The number of aromatic nitrogens is 2. The van der Waals surface area contributed by atoms with Gasteiger partial charge in [-0.15, -0.1) is 0 Å². The van der Waals surface area contributed by atoms with Gasteiger partial charge in [-0.1, -0.05) is 67.9 Å². The third-order valence-electron chi connectivity index (χ3n) is 8.25. The second-order valence-electron chi connectivity index (χ2n) is 11.1. The van der Waals surface area contributed by atoms with E-state index in [1.165, 1.54) is 29.2 Å². The molecular weight excluding hydrogens is 532 g/mol. The van der Waals surface area contributed by atoms with Crippen molar-refractivity contribution in [2.75, 3.05) is 25.5 Å². The number of nitrogens with one attached hydrogen (secondary N) is 2. The topological polar surface area (TPSA) is 70.2 Å². The van der Waals surface area contributed by atoms with Gasteiger partial charge >= 0.3 is 5.97 Å². The Bertz CT molecular complexity index is 1690. The van der Waals surface area contributed by atoms with Gasteiger partial charge in [-0.25, -0.2) is 0 Å². The standard InChI is InChI=1S/C34H35ClN4O2/c1-21(2)22-9-11-23(12-10-22)33-32-27(25-7-4-5-8-29(25)38-32)20-31(34(40)41-3)39(33)18-6-16-36-28-15-17-37-30-19-24(35)13-14-26(28)30/h4-5,7-15,17,19,21,31,33,38H,6,16,18,20H2,1-3H3,(H,36,37)/t31-,33-/m1/s1. The van der Waals surface area contributed by atoms with Crippen LogP contribution in [0, 0.1) is 0 Å². The lowest BCUT2D eigenvalue weighted by atomic mass is 9.87. The lowest BCUT2D eigenvalue weighted by molar-refractivity contribution is -0.148. The van der Waals surface area contributed by atoms with Crippen molar-refractivity contribution < 1.29 is 9.53 Å². The molecule has 210 valence electrons. The van der Waals surface area contributed by atoms with E-state index in [0.29, 0.717) is 23.9 Å². The first-order valence-corrected chi connectivity index (χ1v) is 14.6. The Kier molecular flexibility index (Phi) is 7.69. The van der Waals surface area contributed by atoms with Gasteiger partial charge in [0, 0.05) is 58.4 Å². The van der Waals surface area contributed by atoms with Gasteiger partial charge in [0.1, 0.15) is 6.04 Å². The predicted molar refractivity (Wildman–Crippen MR) is 167 cm³/mol. The van der Waals surface area contributed by atoms with Gasteiger partial charge in [0.15, 0.2) is 0 Å². The quantitative estimate of drug-likeness (QED) is 0.150. The molecule has 3 heterocycles. The first-order valence-electron chi connectivity index (χ1n) is 14.3. The van der Waals surface area contributed by atoms with E-state index in [1.807, 2.05) is 24.3 Å². The van der Waals surface area contributed by atoms with Crippen molar-refractivity contribution in [3.05, 3.63) is 106 Å². The number of methoxy groups -OCH3 is 1. The number of rotatable bonds is 8. The van der Waals surface area contributed by atoms with E-state index in [2.05, 4.69) is 82.6 Å². The van der Waals surface area contributed by atoms with E-state index < -0.39 is 0 Å². The highest BCUT2D eigenvalue weighted by molar-refractivity contribution is 6.31. The van der Waals surface area contributed by atoms with E-state index in [1.54, 1.807) is 6.20 Å². The highest BCUT2D eigenvalue weighted by Gasteiger charge is 2.41. The smallest absolute Gasteiger partial charge is 0.323 e. The third kappa shape index (κ3) is 5.30. The number of fused-ring (bicyclic) bond motifs is 4. The molecule has 2 N–H and O–H groups in total. The molecule has 0 radical (unpaired) electrons. The molecule has 5 aromatic rings. The lowest BCUT2D eigenvalue weighted by Gasteiger charge is -2.41. The molecule has 41 heavy (non-hydrogen) atoms. The van der Waals surface area contributed by atoms with Gasteiger partial charge in [0.25, 0.3) is 0 Å². The second-order valence-corrected chi connectivity index (χ2v) is 11.5. The van der Waals surface area contributed by atoms with E-state index in [9.17, 15) is 4.79 Å². The Balaban J connectivity index is 1.32. The monoisotopic (exact) mass is 566 g/mol. The Morgan fingerprint density at radius 2 is 1.90 bits per heavy atom. The number of anilines is 1. The van der Waals surface area contributed by atoms with Crippen molar-refractivity contribution in [1.29, 1.82) is 0 Å². The number of carbonyl (C=O) groups is 1. The summed E-state index contributed by atoms with van der Waals surface area (Å²) in [5.74, 6) is 0.249. The number of H-pyrrole nitrogens is 1. The molecule has 0 unspecified atom stereocenters. The Morgan fingerprint density at radius 1 is 1.10 bits per heavy atom. The van der Waals surface area contributed by atoms with Crippen LogP contribution in [0.3, 0.4) is 0 Å². The van der Waals surface area contributed by atoms with Gasteiger partial charge < -0.3 is 15.0 Å². The summed E-state index contributed by atoms with van der Waals surface area (Å²) in [6, 6.07) is 24.5. The predicted octanol–water partition coefficient (Wildman–Crippen LogP) is 7.48. The maximum Gasteiger partial charge on any atom is 0.323 e. The van der Waals surface area contributed by atoms with Crippen LogP contribution in [0.2, 0.25) is 5.02 Å². The molecular formula is C34H35ClN4O2.